The lowest BCUT2D eigenvalue weighted by atomic mass is 10.0. The molecule has 0 fully saturated rings. The number of carbonyl (C=O) groups is 1. The van der Waals surface area contributed by atoms with Crippen LogP contribution in [0.2, 0.25) is 0 Å². The normalized spacial score (nSPS) is 10.9. The van der Waals surface area contributed by atoms with E-state index in [0.717, 1.165) is 33.6 Å². The first kappa shape index (κ1) is 17.0. The summed E-state index contributed by atoms with van der Waals surface area (Å²) in [5, 5.41) is 8.23. The lowest BCUT2D eigenvalue weighted by Gasteiger charge is -2.10. The Morgan fingerprint density at radius 1 is 1.00 bits per heavy atom. The van der Waals surface area contributed by atoms with E-state index in [9.17, 15) is 4.79 Å². The summed E-state index contributed by atoms with van der Waals surface area (Å²) in [6.45, 7) is 3.91. The van der Waals surface area contributed by atoms with Gasteiger partial charge in [0.2, 0.25) is 0 Å². The molecule has 0 saturated carbocycles. The predicted molar refractivity (Wildman–Crippen MR) is 108 cm³/mol. The number of aryl methyl sites for hydroxylation is 3. The van der Waals surface area contributed by atoms with Gasteiger partial charge in [0, 0.05) is 18.3 Å². The first-order valence-electron chi connectivity index (χ1n) is 8.81. The van der Waals surface area contributed by atoms with Crippen molar-refractivity contribution in [2.45, 2.75) is 13.8 Å². The molecule has 0 saturated heterocycles. The SMILES string of the molecule is Cc1ccc(NC(=O)c2cc(-c3ccccc3)nc3c2c(C)nn3C)cc1. The molecule has 4 rings (SSSR count). The highest BCUT2D eigenvalue weighted by atomic mass is 16.1. The van der Waals surface area contributed by atoms with Gasteiger partial charge in [-0.25, -0.2) is 4.98 Å². The molecule has 134 valence electrons. The van der Waals surface area contributed by atoms with Crippen molar-refractivity contribution in [2.24, 2.45) is 7.05 Å². The van der Waals surface area contributed by atoms with Crippen molar-refractivity contribution in [3.8, 4) is 11.3 Å². The van der Waals surface area contributed by atoms with Crippen LogP contribution in [0.5, 0.6) is 0 Å². The number of pyridine rings is 1. The van der Waals surface area contributed by atoms with E-state index in [1.807, 2.05) is 81.6 Å². The number of nitrogens with zero attached hydrogens (tertiary/aromatic N) is 3. The third kappa shape index (κ3) is 3.19. The predicted octanol–water partition coefficient (Wildman–Crippen LogP) is 4.50. The number of hydrogen-bond acceptors (Lipinski definition) is 3. The number of amides is 1. The monoisotopic (exact) mass is 356 g/mol. The zero-order chi connectivity index (χ0) is 19.0. The Labute approximate surface area is 157 Å². The number of rotatable bonds is 3. The number of carbonyl (C=O) groups excluding carboxylic acids is 1. The van der Waals surface area contributed by atoms with Gasteiger partial charge < -0.3 is 5.32 Å². The Kier molecular flexibility index (Phi) is 4.20. The van der Waals surface area contributed by atoms with Crippen LogP contribution in [0.25, 0.3) is 22.3 Å². The van der Waals surface area contributed by atoms with E-state index >= 15 is 0 Å². The average Bonchev–Trinajstić information content (AvgIpc) is 2.97. The van der Waals surface area contributed by atoms with Crippen molar-refractivity contribution in [3.05, 3.63) is 77.5 Å². The van der Waals surface area contributed by atoms with Gasteiger partial charge in [-0.2, -0.15) is 5.10 Å². The maximum absolute atomic E-state index is 13.1. The zero-order valence-corrected chi connectivity index (χ0v) is 15.5. The molecule has 4 aromatic rings. The summed E-state index contributed by atoms with van der Waals surface area (Å²) in [6.07, 6.45) is 0. The molecule has 0 atom stereocenters. The van der Waals surface area contributed by atoms with Crippen molar-refractivity contribution >= 4 is 22.6 Å². The smallest absolute Gasteiger partial charge is 0.256 e. The second-order valence-corrected chi connectivity index (χ2v) is 6.65. The zero-order valence-electron chi connectivity index (χ0n) is 15.5. The van der Waals surface area contributed by atoms with E-state index in [-0.39, 0.29) is 5.91 Å². The fourth-order valence-corrected chi connectivity index (χ4v) is 3.22. The van der Waals surface area contributed by atoms with E-state index < -0.39 is 0 Å². The molecule has 5 heteroatoms. The standard InChI is InChI=1S/C22H20N4O/c1-14-9-11-17(12-10-14)23-22(27)18-13-19(16-7-5-4-6-8-16)24-21-20(18)15(2)25-26(21)3/h4-13H,1-3H3,(H,23,27). The summed E-state index contributed by atoms with van der Waals surface area (Å²) < 4.78 is 1.72. The summed E-state index contributed by atoms with van der Waals surface area (Å²) in [5.74, 6) is -0.167. The molecule has 0 unspecified atom stereocenters. The molecule has 1 N–H and O–H groups in total. The number of anilines is 1. The van der Waals surface area contributed by atoms with Gasteiger partial charge in [0.05, 0.1) is 22.3 Å². The van der Waals surface area contributed by atoms with E-state index in [0.29, 0.717) is 11.2 Å². The maximum Gasteiger partial charge on any atom is 0.256 e. The van der Waals surface area contributed by atoms with Gasteiger partial charge in [0.1, 0.15) is 0 Å². The van der Waals surface area contributed by atoms with Crippen LogP contribution < -0.4 is 5.32 Å². The molecule has 0 radical (unpaired) electrons. The largest absolute Gasteiger partial charge is 0.322 e. The summed E-state index contributed by atoms with van der Waals surface area (Å²) >= 11 is 0. The Morgan fingerprint density at radius 2 is 1.70 bits per heavy atom. The molecule has 0 bridgehead atoms. The maximum atomic E-state index is 13.1. The molecule has 2 heterocycles. The summed E-state index contributed by atoms with van der Waals surface area (Å²) in [5.41, 5.74) is 5.68. The second-order valence-electron chi connectivity index (χ2n) is 6.65. The van der Waals surface area contributed by atoms with E-state index in [1.165, 1.54) is 0 Å². The van der Waals surface area contributed by atoms with Crippen LogP contribution in [0, 0.1) is 13.8 Å². The number of fused-ring (bicyclic) bond motifs is 1. The topological polar surface area (TPSA) is 59.8 Å². The minimum Gasteiger partial charge on any atom is -0.322 e. The van der Waals surface area contributed by atoms with Crippen molar-refractivity contribution in [1.82, 2.24) is 14.8 Å². The highest BCUT2D eigenvalue weighted by Crippen LogP contribution is 2.27. The number of nitrogens with one attached hydrogen (secondary N) is 1. The van der Waals surface area contributed by atoms with Crippen molar-refractivity contribution < 1.29 is 4.79 Å². The molecular formula is C22H20N4O. The third-order valence-electron chi connectivity index (χ3n) is 4.59. The number of hydrogen-bond donors (Lipinski definition) is 1. The Bertz CT molecular complexity index is 1130. The Hall–Kier alpha value is -3.47. The molecule has 1 amide bonds. The first-order valence-corrected chi connectivity index (χ1v) is 8.81. The molecular weight excluding hydrogens is 336 g/mol. The van der Waals surface area contributed by atoms with Gasteiger partial charge in [-0.15, -0.1) is 0 Å². The van der Waals surface area contributed by atoms with Crippen LogP contribution in [0.3, 0.4) is 0 Å². The lowest BCUT2D eigenvalue weighted by molar-refractivity contribution is 0.102. The van der Waals surface area contributed by atoms with Gasteiger partial charge in [0.15, 0.2) is 5.65 Å². The molecule has 0 spiro atoms. The van der Waals surface area contributed by atoms with Crippen LogP contribution in [0.4, 0.5) is 5.69 Å². The summed E-state index contributed by atoms with van der Waals surface area (Å²) in [4.78, 5) is 17.8. The molecule has 2 aromatic heterocycles. The Balaban J connectivity index is 1.85. The van der Waals surface area contributed by atoms with Crippen LogP contribution in [0.1, 0.15) is 21.6 Å². The second kappa shape index (κ2) is 6.68. The summed E-state index contributed by atoms with van der Waals surface area (Å²) in [6, 6.07) is 19.4. The average molecular weight is 356 g/mol. The molecule has 2 aromatic carbocycles. The Morgan fingerprint density at radius 3 is 2.41 bits per heavy atom. The van der Waals surface area contributed by atoms with Crippen LogP contribution in [-0.2, 0) is 7.05 Å². The van der Waals surface area contributed by atoms with Crippen molar-refractivity contribution in [2.75, 3.05) is 5.32 Å². The molecule has 27 heavy (non-hydrogen) atoms. The molecule has 0 aliphatic carbocycles. The first-order chi connectivity index (χ1) is 13.0. The minimum absolute atomic E-state index is 0.167. The van der Waals surface area contributed by atoms with Gasteiger partial charge >= 0.3 is 0 Å². The van der Waals surface area contributed by atoms with Gasteiger partial charge in [-0.1, -0.05) is 48.0 Å². The number of benzene rings is 2. The van der Waals surface area contributed by atoms with Crippen LogP contribution >= 0.6 is 0 Å². The van der Waals surface area contributed by atoms with Crippen LogP contribution in [0.15, 0.2) is 60.7 Å². The highest BCUT2D eigenvalue weighted by molar-refractivity contribution is 6.13. The van der Waals surface area contributed by atoms with E-state index in [4.69, 9.17) is 4.98 Å². The quantitative estimate of drug-likeness (QED) is 0.588. The molecule has 0 aliphatic rings. The van der Waals surface area contributed by atoms with Gasteiger partial charge in [-0.05, 0) is 32.0 Å². The minimum atomic E-state index is -0.167. The highest BCUT2D eigenvalue weighted by Gasteiger charge is 2.19. The van der Waals surface area contributed by atoms with Crippen molar-refractivity contribution in [3.63, 3.8) is 0 Å². The third-order valence-corrected chi connectivity index (χ3v) is 4.59. The lowest BCUT2D eigenvalue weighted by Crippen LogP contribution is -2.13. The van der Waals surface area contributed by atoms with E-state index in [2.05, 4.69) is 10.4 Å². The van der Waals surface area contributed by atoms with Crippen molar-refractivity contribution in [1.29, 1.82) is 0 Å². The summed E-state index contributed by atoms with van der Waals surface area (Å²) in [7, 11) is 1.85. The number of aromatic nitrogens is 3. The fraction of sp³-hybridized carbons (Fsp3) is 0.136. The fourth-order valence-electron chi connectivity index (χ4n) is 3.22. The molecule has 0 aliphatic heterocycles. The van der Waals surface area contributed by atoms with Gasteiger partial charge in [-0.3, -0.25) is 9.48 Å². The molecule has 5 nitrogen and oxygen atoms in total. The van der Waals surface area contributed by atoms with Gasteiger partial charge in [0.25, 0.3) is 5.91 Å². The van der Waals surface area contributed by atoms with Crippen LogP contribution in [-0.4, -0.2) is 20.7 Å². The van der Waals surface area contributed by atoms with E-state index in [1.54, 1.807) is 4.68 Å².